The fourth-order valence-electron chi connectivity index (χ4n) is 1.71. The van der Waals surface area contributed by atoms with Crippen LogP contribution in [0.1, 0.15) is 45.9 Å². The van der Waals surface area contributed by atoms with Gasteiger partial charge in [0.1, 0.15) is 0 Å². The predicted molar refractivity (Wildman–Crippen MR) is 84.5 cm³/mol. The van der Waals surface area contributed by atoms with Crippen LogP contribution in [0.3, 0.4) is 0 Å². The minimum Gasteiger partial charge on any atom is -0.310 e. The zero-order valence-electron chi connectivity index (χ0n) is 13.8. The van der Waals surface area contributed by atoms with Gasteiger partial charge < -0.3 is 5.32 Å². The smallest absolute Gasteiger partial charge is 0.260 e. The van der Waals surface area contributed by atoms with Gasteiger partial charge in [-0.1, -0.05) is 34.6 Å². The van der Waals surface area contributed by atoms with Crippen molar-refractivity contribution in [2.24, 2.45) is 11.8 Å². The van der Waals surface area contributed by atoms with Crippen molar-refractivity contribution in [1.29, 1.82) is 0 Å². The molecule has 6 nitrogen and oxygen atoms in total. The summed E-state index contributed by atoms with van der Waals surface area (Å²) in [7, 11) is -3.58. The maximum atomic E-state index is 12.4. The third-order valence-electron chi connectivity index (χ3n) is 3.71. The molecule has 0 amide bonds. The molecule has 1 aromatic rings. The summed E-state index contributed by atoms with van der Waals surface area (Å²) < 4.78 is 27.5. The molecule has 7 heteroatoms. The third kappa shape index (κ3) is 5.09. The zero-order valence-corrected chi connectivity index (χ0v) is 14.6. The Balaban J connectivity index is 2.88. The summed E-state index contributed by atoms with van der Waals surface area (Å²) in [5.74, 6) is 0.702. The van der Waals surface area contributed by atoms with Crippen LogP contribution in [-0.4, -0.2) is 31.2 Å². The largest absolute Gasteiger partial charge is 0.310 e. The Hall–Kier alpha value is -0.920. The van der Waals surface area contributed by atoms with Crippen molar-refractivity contribution in [2.75, 3.05) is 6.54 Å². The van der Waals surface area contributed by atoms with Crippen molar-refractivity contribution < 1.29 is 8.42 Å². The number of nitrogens with one attached hydrogen (secondary N) is 3. The Bertz CT molecular complexity index is 549. The number of nitrogens with zero attached hydrogens (tertiary/aromatic N) is 1. The topological polar surface area (TPSA) is 86.9 Å². The van der Waals surface area contributed by atoms with Crippen molar-refractivity contribution in [1.82, 2.24) is 20.2 Å². The van der Waals surface area contributed by atoms with E-state index in [1.807, 2.05) is 27.7 Å². The van der Waals surface area contributed by atoms with E-state index in [9.17, 15) is 8.42 Å². The van der Waals surface area contributed by atoms with Crippen LogP contribution in [-0.2, 0) is 16.6 Å². The zero-order chi connectivity index (χ0) is 16.2. The second kappa shape index (κ2) is 7.38. The highest BCUT2D eigenvalue weighted by molar-refractivity contribution is 7.89. The van der Waals surface area contributed by atoms with Crippen molar-refractivity contribution >= 4 is 10.0 Å². The average molecular weight is 316 g/mol. The first-order valence-electron chi connectivity index (χ1n) is 7.42. The molecule has 0 aliphatic rings. The van der Waals surface area contributed by atoms with E-state index in [1.165, 1.54) is 0 Å². The molecular formula is C14H28N4O2S. The van der Waals surface area contributed by atoms with Crippen molar-refractivity contribution in [3.05, 3.63) is 11.3 Å². The Morgan fingerprint density at radius 3 is 2.33 bits per heavy atom. The number of sulfonamides is 1. The molecule has 3 N–H and O–H groups in total. The summed E-state index contributed by atoms with van der Waals surface area (Å²) in [4.78, 5) is 0. The molecule has 0 aromatic carbocycles. The van der Waals surface area contributed by atoms with Crippen LogP contribution >= 0.6 is 0 Å². The Morgan fingerprint density at radius 2 is 1.81 bits per heavy atom. The maximum absolute atomic E-state index is 12.4. The highest BCUT2D eigenvalue weighted by atomic mass is 32.2. The first-order valence-corrected chi connectivity index (χ1v) is 8.90. The average Bonchev–Trinajstić information content (AvgIpc) is 2.75. The van der Waals surface area contributed by atoms with Crippen LogP contribution in [0.15, 0.2) is 5.03 Å². The second-order valence-electron chi connectivity index (χ2n) is 6.24. The van der Waals surface area contributed by atoms with Gasteiger partial charge in [0.05, 0.1) is 0 Å². The number of aryl methyl sites for hydroxylation is 1. The number of hydrogen-bond donors (Lipinski definition) is 3. The quantitative estimate of drug-likeness (QED) is 0.682. The van der Waals surface area contributed by atoms with E-state index < -0.39 is 10.0 Å². The molecule has 1 unspecified atom stereocenters. The van der Waals surface area contributed by atoms with Gasteiger partial charge in [0.15, 0.2) is 5.03 Å². The van der Waals surface area contributed by atoms with Crippen molar-refractivity contribution in [2.45, 2.75) is 59.2 Å². The number of aromatic amines is 1. The van der Waals surface area contributed by atoms with E-state index in [4.69, 9.17) is 0 Å². The lowest BCUT2D eigenvalue weighted by atomic mass is 9.99. The van der Waals surface area contributed by atoms with Crippen LogP contribution in [0.2, 0.25) is 0 Å². The van der Waals surface area contributed by atoms with Gasteiger partial charge in [-0.05, 0) is 18.8 Å². The van der Waals surface area contributed by atoms with Crippen LogP contribution in [0.25, 0.3) is 0 Å². The summed E-state index contributed by atoms with van der Waals surface area (Å²) in [5.41, 5.74) is 1.48. The Kier molecular flexibility index (Phi) is 6.37. The molecule has 1 heterocycles. The lowest BCUT2D eigenvalue weighted by Crippen LogP contribution is -2.32. The summed E-state index contributed by atoms with van der Waals surface area (Å²) >= 11 is 0. The van der Waals surface area contributed by atoms with E-state index in [1.54, 1.807) is 0 Å². The van der Waals surface area contributed by atoms with Gasteiger partial charge >= 0.3 is 0 Å². The fraction of sp³-hybridized carbons (Fsp3) is 0.786. The predicted octanol–water partition coefficient (Wildman–Crippen LogP) is 1.79. The van der Waals surface area contributed by atoms with Crippen LogP contribution < -0.4 is 10.0 Å². The molecule has 1 aromatic heterocycles. The first kappa shape index (κ1) is 18.1. The molecule has 0 bridgehead atoms. The van der Waals surface area contributed by atoms with E-state index in [2.05, 4.69) is 34.1 Å². The lowest BCUT2D eigenvalue weighted by molar-refractivity contribution is 0.414. The highest BCUT2D eigenvalue weighted by Gasteiger charge is 2.24. The van der Waals surface area contributed by atoms with E-state index in [-0.39, 0.29) is 17.0 Å². The van der Waals surface area contributed by atoms with Crippen LogP contribution in [0, 0.1) is 18.8 Å². The van der Waals surface area contributed by atoms with Gasteiger partial charge in [-0.2, -0.15) is 5.10 Å². The molecule has 21 heavy (non-hydrogen) atoms. The molecular weight excluding hydrogens is 288 g/mol. The highest BCUT2D eigenvalue weighted by Crippen LogP contribution is 2.17. The summed E-state index contributed by atoms with van der Waals surface area (Å²) in [5, 5.41) is 10.1. The fourth-order valence-corrected chi connectivity index (χ4v) is 3.05. The van der Waals surface area contributed by atoms with E-state index >= 15 is 0 Å². The van der Waals surface area contributed by atoms with Gasteiger partial charge in [0, 0.05) is 30.4 Å². The van der Waals surface area contributed by atoms with Crippen molar-refractivity contribution in [3.63, 3.8) is 0 Å². The van der Waals surface area contributed by atoms with Gasteiger partial charge in [-0.25, -0.2) is 13.1 Å². The number of aromatic nitrogens is 2. The van der Waals surface area contributed by atoms with Gasteiger partial charge in [-0.15, -0.1) is 0 Å². The molecule has 0 fully saturated rings. The minimum atomic E-state index is -3.58. The molecule has 1 atom stereocenters. The van der Waals surface area contributed by atoms with Crippen LogP contribution in [0.4, 0.5) is 0 Å². The normalized spacial score (nSPS) is 14.1. The number of rotatable bonds is 8. The SMILES string of the molecule is Cc1[nH]nc(S(=O)(=O)NCC(C)C(C)C)c1CNC(C)C. The molecule has 0 saturated heterocycles. The Labute approximate surface area is 128 Å². The van der Waals surface area contributed by atoms with Gasteiger partial charge in [-0.3, -0.25) is 5.10 Å². The third-order valence-corrected chi connectivity index (χ3v) is 5.10. The van der Waals surface area contributed by atoms with Gasteiger partial charge in [0.2, 0.25) is 0 Å². The molecule has 0 radical (unpaired) electrons. The van der Waals surface area contributed by atoms with Crippen LogP contribution in [0.5, 0.6) is 0 Å². The maximum Gasteiger partial charge on any atom is 0.260 e. The molecule has 122 valence electrons. The Morgan fingerprint density at radius 1 is 1.19 bits per heavy atom. The molecule has 0 aliphatic heterocycles. The first-order chi connectivity index (χ1) is 9.65. The number of hydrogen-bond acceptors (Lipinski definition) is 4. The van der Waals surface area contributed by atoms with Crippen molar-refractivity contribution in [3.8, 4) is 0 Å². The lowest BCUT2D eigenvalue weighted by Gasteiger charge is -2.16. The molecule has 0 spiro atoms. The van der Waals surface area contributed by atoms with E-state index in [0.29, 0.717) is 24.6 Å². The molecule has 0 aliphatic carbocycles. The summed E-state index contributed by atoms with van der Waals surface area (Å²) in [6.45, 7) is 13.0. The monoisotopic (exact) mass is 316 g/mol. The summed E-state index contributed by atoms with van der Waals surface area (Å²) in [6.07, 6.45) is 0. The minimum absolute atomic E-state index is 0.101. The molecule has 0 saturated carbocycles. The summed E-state index contributed by atoms with van der Waals surface area (Å²) in [6, 6.07) is 0.281. The standard InChI is InChI=1S/C14H28N4O2S/c1-9(2)11(5)7-16-21(19,20)14-13(8-15-10(3)4)12(6)17-18-14/h9-11,15-16H,7-8H2,1-6H3,(H,17,18). The second-order valence-corrected chi connectivity index (χ2v) is 7.92. The number of H-pyrrole nitrogens is 1. The molecule has 1 rings (SSSR count). The van der Waals surface area contributed by atoms with E-state index in [0.717, 1.165) is 5.69 Å². The van der Waals surface area contributed by atoms with Gasteiger partial charge in [0.25, 0.3) is 10.0 Å².